The van der Waals surface area contributed by atoms with E-state index in [4.69, 9.17) is 0 Å². The van der Waals surface area contributed by atoms with Crippen LogP contribution in [0.15, 0.2) is 12.1 Å². The molecule has 0 aliphatic rings. The molecule has 1 aromatic heterocycles. The number of hydrogen-bond donors (Lipinski definition) is 1. The fourth-order valence-electron chi connectivity index (χ4n) is 1.44. The van der Waals surface area contributed by atoms with Gasteiger partial charge in [-0.1, -0.05) is 0 Å². The molecule has 0 amide bonds. The van der Waals surface area contributed by atoms with Crippen LogP contribution in [0.3, 0.4) is 0 Å². The molecule has 1 unspecified atom stereocenters. The van der Waals surface area contributed by atoms with Gasteiger partial charge in [-0.2, -0.15) is 0 Å². The quantitative estimate of drug-likeness (QED) is 0.800. The third-order valence-electron chi connectivity index (χ3n) is 2.16. The standard InChI is InChI=1S/C11H16F3NOS/c1-8(7-10-4-3-9(2)17-10)15-5-6-16-11(12,13)14/h3-4,8,15H,5-7H2,1-2H3. The van der Waals surface area contributed by atoms with E-state index in [1.807, 2.05) is 26.0 Å². The lowest BCUT2D eigenvalue weighted by atomic mass is 10.2. The Balaban J connectivity index is 2.15. The lowest BCUT2D eigenvalue weighted by molar-refractivity contribution is -0.323. The molecule has 1 heterocycles. The van der Waals surface area contributed by atoms with Crippen LogP contribution < -0.4 is 5.32 Å². The SMILES string of the molecule is Cc1ccc(CC(C)NCCOC(F)(F)F)s1. The number of nitrogens with one attached hydrogen (secondary N) is 1. The van der Waals surface area contributed by atoms with Crippen molar-refractivity contribution < 1.29 is 17.9 Å². The maximum absolute atomic E-state index is 11.7. The van der Waals surface area contributed by atoms with Gasteiger partial charge in [0.1, 0.15) is 0 Å². The van der Waals surface area contributed by atoms with Gasteiger partial charge in [-0.25, -0.2) is 0 Å². The summed E-state index contributed by atoms with van der Waals surface area (Å²) in [5, 5.41) is 2.99. The summed E-state index contributed by atoms with van der Waals surface area (Å²) in [6.07, 6.45) is -3.71. The van der Waals surface area contributed by atoms with Crippen LogP contribution in [0.1, 0.15) is 16.7 Å². The van der Waals surface area contributed by atoms with Crippen LogP contribution in [0.25, 0.3) is 0 Å². The van der Waals surface area contributed by atoms with Gasteiger partial charge in [0.2, 0.25) is 0 Å². The van der Waals surface area contributed by atoms with E-state index >= 15 is 0 Å². The normalized spacial score (nSPS) is 13.9. The molecule has 0 bridgehead atoms. The minimum Gasteiger partial charge on any atom is -0.312 e. The van der Waals surface area contributed by atoms with E-state index < -0.39 is 6.36 Å². The fraction of sp³-hybridized carbons (Fsp3) is 0.636. The maximum atomic E-state index is 11.7. The molecule has 0 saturated carbocycles. The minimum atomic E-state index is -4.53. The van der Waals surface area contributed by atoms with Crippen LogP contribution in [0, 0.1) is 6.92 Å². The molecule has 1 aromatic rings. The molecule has 0 radical (unpaired) electrons. The van der Waals surface area contributed by atoms with Gasteiger partial charge in [-0.15, -0.1) is 24.5 Å². The van der Waals surface area contributed by atoms with Gasteiger partial charge in [-0.05, 0) is 32.4 Å². The Morgan fingerprint density at radius 1 is 1.41 bits per heavy atom. The Labute approximate surface area is 103 Å². The van der Waals surface area contributed by atoms with E-state index in [9.17, 15) is 13.2 Å². The Hall–Kier alpha value is -0.590. The predicted molar refractivity (Wildman–Crippen MR) is 62.2 cm³/mol. The summed E-state index contributed by atoms with van der Waals surface area (Å²) >= 11 is 1.71. The number of hydrogen-bond acceptors (Lipinski definition) is 3. The highest BCUT2D eigenvalue weighted by atomic mass is 32.1. The molecule has 0 fully saturated rings. The smallest absolute Gasteiger partial charge is 0.312 e. The molecule has 0 aromatic carbocycles. The van der Waals surface area contributed by atoms with Crippen molar-refractivity contribution in [2.24, 2.45) is 0 Å². The first kappa shape index (κ1) is 14.5. The van der Waals surface area contributed by atoms with Crippen molar-refractivity contribution in [1.82, 2.24) is 5.32 Å². The molecule has 1 atom stereocenters. The highest BCUT2D eigenvalue weighted by molar-refractivity contribution is 7.11. The van der Waals surface area contributed by atoms with Crippen molar-refractivity contribution in [3.05, 3.63) is 21.9 Å². The van der Waals surface area contributed by atoms with Crippen molar-refractivity contribution in [2.45, 2.75) is 32.7 Å². The molecular formula is C11H16F3NOS. The lowest BCUT2D eigenvalue weighted by Gasteiger charge is -2.13. The van der Waals surface area contributed by atoms with Crippen molar-refractivity contribution >= 4 is 11.3 Å². The Bertz CT molecular complexity index is 338. The topological polar surface area (TPSA) is 21.3 Å². The molecule has 0 aliphatic heterocycles. The number of ether oxygens (including phenoxy) is 1. The van der Waals surface area contributed by atoms with Crippen molar-refractivity contribution in [2.75, 3.05) is 13.2 Å². The van der Waals surface area contributed by atoms with Gasteiger partial charge in [0.15, 0.2) is 0 Å². The summed E-state index contributed by atoms with van der Waals surface area (Å²) in [5.74, 6) is 0. The van der Waals surface area contributed by atoms with Crippen molar-refractivity contribution in [1.29, 1.82) is 0 Å². The van der Waals surface area contributed by atoms with Gasteiger partial charge in [0, 0.05) is 22.3 Å². The molecule has 0 saturated heterocycles. The second-order valence-electron chi connectivity index (χ2n) is 3.87. The zero-order valence-electron chi connectivity index (χ0n) is 9.80. The van der Waals surface area contributed by atoms with E-state index in [0.717, 1.165) is 6.42 Å². The van der Waals surface area contributed by atoms with Crippen molar-refractivity contribution in [3.8, 4) is 0 Å². The monoisotopic (exact) mass is 267 g/mol. The number of halogens is 3. The Kier molecular flexibility index (Phi) is 5.42. The highest BCUT2D eigenvalue weighted by Gasteiger charge is 2.28. The number of aryl methyl sites for hydroxylation is 1. The van der Waals surface area contributed by atoms with Crippen molar-refractivity contribution in [3.63, 3.8) is 0 Å². The average molecular weight is 267 g/mol. The molecule has 98 valence electrons. The van der Waals surface area contributed by atoms with Gasteiger partial charge in [0.25, 0.3) is 0 Å². The van der Waals surface area contributed by atoms with Gasteiger partial charge in [0.05, 0.1) is 6.61 Å². The van der Waals surface area contributed by atoms with Crippen LogP contribution in [0.4, 0.5) is 13.2 Å². The Morgan fingerprint density at radius 3 is 2.65 bits per heavy atom. The average Bonchev–Trinajstić information content (AvgIpc) is 2.57. The van der Waals surface area contributed by atoms with Gasteiger partial charge in [-0.3, -0.25) is 4.74 Å². The van der Waals surface area contributed by atoms with Crippen LogP contribution in [0.2, 0.25) is 0 Å². The van der Waals surface area contributed by atoms with Crippen LogP contribution in [-0.2, 0) is 11.2 Å². The second kappa shape index (κ2) is 6.37. The lowest BCUT2D eigenvalue weighted by Crippen LogP contribution is -2.32. The predicted octanol–water partition coefficient (Wildman–Crippen LogP) is 3.11. The molecule has 0 spiro atoms. The first-order chi connectivity index (χ1) is 7.87. The summed E-state index contributed by atoms with van der Waals surface area (Å²) in [5.41, 5.74) is 0. The maximum Gasteiger partial charge on any atom is 0.522 e. The van der Waals surface area contributed by atoms with E-state index in [1.54, 1.807) is 11.3 Å². The summed E-state index contributed by atoms with van der Waals surface area (Å²) in [6.45, 7) is 3.83. The molecule has 1 rings (SSSR count). The van der Waals surface area contributed by atoms with Crippen LogP contribution >= 0.6 is 11.3 Å². The summed E-state index contributed by atoms with van der Waals surface area (Å²) in [4.78, 5) is 2.48. The third-order valence-corrected chi connectivity index (χ3v) is 3.19. The zero-order valence-corrected chi connectivity index (χ0v) is 10.6. The molecular weight excluding hydrogens is 251 g/mol. The summed E-state index contributed by atoms with van der Waals surface area (Å²) < 4.78 is 38.7. The Morgan fingerprint density at radius 2 is 2.12 bits per heavy atom. The first-order valence-electron chi connectivity index (χ1n) is 5.36. The zero-order chi connectivity index (χ0) is 12.9. The van der Waals surface area contributed by atoms with E-state index in [1.165, 1.54) is 9.75 Å². The summed E-state index contributed by atoms with van der Waals surface area (Å²) in [7, 11) is 0. The van der Waals surface area contributed by atoms with Gasteiger partial charge < -0.3 is 5.32 Å². The first-order valence-corrected chi connectivity index (χ1v) is 6.18. The third kappa shape index (κ3) is 6.65. The molecule has 17 heavy (non-hydrogen) atoms. The molecule has 0 aliphatic carbocycles. The molecule has 2 nitrogen and oxygen atoms in total. The number of rotatable bonds is 6. The van der Waals surface area contributed by atoms with E-state index in [-0.39, 0.29) is 19.2 Å². The second-order valence-corrected chi connectivity index (χ2v) is 5.24. The van der Waals surface area contributed by atoms with E-state index in [0.29, 0.717) is 0 Å². The number of alkyl halides is 3. The minimum absolute atomic E-state index is 0.143. The van der Waals surface area contributed by atoms with Gasteiger partial charge >= 0.3 is 6.36 Å². The molecule has 6 heteroatoms. The van der Waals surface area contributed by atoms with E-state index in [2.05, 4.69) is 10.1 Å². The van der Waals surface area contributed by atoms with Crippen LogP contribution in [0.5, 0.6) is 0 Å². The number of thiophene rings is 1. The molecule has 1 N–H and O–H groups in total. The largest absolute Gasteiger partial charge is 0.522 e. The highest BCUT2D eigenvalue weighted by Crippen LogP contribution is 2.17. The van der Waals surface area contributed by atoms with Crippen LogP contribution in [-0.4, -0.2) is 25.6 Å². The fourth-order valence-corrected chi connectivity index (χ4v) is 2.46. The summed E-state index contributed by atoms with van der Waals surface area (Å²) in [6, 6.07) is 4.23.